The maximum absolute atomic E-state index is 11.9. The third-order valence-corrected chi connectivity index (χ3v) is 2.83. The van der Waals surface area contributed by atoms with Gasteiger partial charge in [-0.1, -0.05) is 0 Å². The summed E-state index contributed by atoms with van der Waals surface area (Å²) in [4.78, 5) is 25.9. The van der Waals surface area contributed by atoms with Crippen LogP contribution in [-0.2, 0) is 9.59 Å². The van der Waals surface area contributed by atoms with E-state index in [9.17, 15) is 22.8 Å². The lowest BCUT2D eigenvalue weighted by atomic mass is 10.3. The van der Waals surface area contributed by atoms with E-state index in [-0.39, 0.29) is 18.0 Å². The number of hydrogen-bond acceptors (Lipinski definition) is 4. The molecule has 1 saturated carbocycles. The van der Waals surface area contributed by atoms with E-state index in [4.69, 9.17) is 5.11 Å². The van der Waals surface area contributed by atoms with E-state index in [1.54, 1.807) is 0 Å². The SMILES string of the molecule is O=C(Nc1ccc(OCC(F)(F)F)nc1)[C@H]1C[C@H]1C(=O)O. The number of hydrogen-bond donors (Lipinski definition) is 2. The minimum absolute atomic E-state index is 0.222. The molecule has 1 amide bonds. The molecule has 0 bridgehead atoms. The molecule has 0 radical (unpaired) electrons. The van der Waals surface area contributed by atoms with Crippen molar-refractivity contribution in [3.8, 4) is 5.88 Å². The lowest BCUT2D eigenvalue weighted by molar-refractivity contribution is -0.154. The summed E-state index contributed by atoms with van der Waals surface area (Å²) >= 11 is 0. The first kappa shape index (κ1) is 15.1. The van der Waals surface area contributed by atoms with Gasteiger partial charge in [-0.15, -0.1) is 0 Å². The Hall–Kier alpha value is -2.32. The predicted molar refractivity (Wildman–Crippen MR) is 63.6 cm³/mol. The largest absolute Gasteiger partial charge is 0.481 e. The van der Waals surface area contributed by atoms with Crippen molar-refractivity contribution in [3.63, 3.8) is 0 Å². The number of carboxylic acids is 1. The monoisotopic (exact) mass is 304 g/mol. The number of nitrogens with one attached hydrogen (secondary N) is 1. The third-order valence-electron chi connectivity index (χ3n) is 2.83. The van der Waals surface area contributed by atoms with Gasteiger partial charge in [-0.2, -0.15) is 13.2 Å². The molecule has 0 saturated heterocycles. The Kier molecular flexibility index (Phi) is 4.01. The van der Waals surface area contributed by atoms with Crippen molar-refractivity contribution >= 4 is 17.6 Å². The predicted octanol–water partition coefficient (Wildman–Crippen LogP) is 1.68. The summed E-state index contributed by atoms with van der Waals surface area (Å²) in [5, 5.41) is 11.1. The van der Waals surface area contributed by atoms with E-state index in [2.05, 4.69) is 15.0 Å². The second-order valence-corrected chi connectivity index (χ2v) is 4.57. The maximum Gasteiger partial charge on any atom is 0.422 e. The summed E-state index contributed by atoms with van der Waals surface area (Å²) in [5.74, 6) is -2.95. The van der Waals surface area contributed by atoms with Gasteiger partial charge in [0.2, 0.25) is 11.8 Å². The van der Waals surface area contributed by atoms with E-state index in [1.165, 1.54) is 12.1 Å². The number of ether oxygens (including phenoxy) is 1. The summed E-state index contributed by atoms with van der Waals surface area (Å²) in [5.41, 5.74) is 0.260. The van der Waals surface area contributed by atoms with Gasteiger partial charge in [0.15, 0.2) is 6.61 Å². The van der Waals surface area contributed by atoms with Gasteiger partial charge in [-0.05, 0) is 12.5 Å². The molecule has 114 valence electrons. The first-order valence-electron chi connectivity index (χ1n) is 5.95. The number of halogens is 3. The van der Waals surface area contributed by atoms with E-state index in [0.29, 0.717) is 0 Å². The van der Waals surface area contributed by atoms with Gasteiger partial charge < -0.3 is 15.2 Å². The number of nitrogens with zero attached hydrogens (tertiary/aromatic N) is 1. The van der Waals surface area contributed by atoms with Gasteiger partial charge >= 0.3 is 12.1 Å². The molecular weight excluding hydrogens is 293 g/mol. The number of anilines is 1. The highest BCUT2D eigenvalue weighted by atomic mass is 19.4. The number of aliphatic carboxylic acids is 1. The first-order valence-corrected chi connectivity index (χ1v) is 5.95. The molecule has 2 N–H and O–H groups in total. The molecule has 2 rings (SSSR count). The zero-order valence-electron chi connectivity index (χ0n) is 10.6. The molecule has 0 unspecified atom stereocenters. The van der Waals surface area contributed by atoms with Crippen LogP contribution in [0.5, 0.6) is 5.88 Å². The molecule has 21 heavy (non-hydrogen) atoms. The molecule has 6 nitrogen and oxygen atoms in total. The lowest BCUT2D eigenvalue weighted by Gasteiger charge is -2.09. The lowest BCUT2D eigenvalue weighted by Crippen LogP contribution is -2.20. The second-order valence-electron chi connectivity index (χ2n) is 4.57. The van der Waals surface area contributed by atoms with Crippen LogP contribution in [0.15, 0.2) is 18.3 Å². The standard InChI is InChI=1S/C12H11F3N2O4/c13-12(14,15)5-21-9-2-1-6(4-16-9)17-10(18)7-3-8(7)11(19)20/h1-2,4,7-8H,3,5H2,(H,17,18)(H,19,20)/t7-,8+/m0/s1. The summed E-state index contributed by atoms with van der Waals surface area (Å²) < 4.78 is 40.2. The van der Waals surface area contributed by atoms with Crippen molar-refractivity contribution in [2.75, 3.05) is 11.9 Å². The van der Waals surface area contributed by atoms with Crippen LogP contribution in [0, 0.1) is 11.8 Å². The van der Waals surface area contributed by atoms with Crippen molar-refractivity contribution in [1.29, 1.82) is 0 Å². The summed E-state index contributed by atoms with van der Waals surface area (Å²) in [6, 6.07) is 2.51. The average molecular weight is 304 g/mol. The Morgan fingerprint density at radius 1 is 1.38 bits per heavy atom. The molecule has 0 aliphatic heterocycles. The van der Waals surface area contributed by atoms with Gasteiger partial charge in [-0.25, -0.2) is 4.98 Å². The maximum atomic E-state index is 11.9. The van der Waals surface area contributed by atoms with Gasteiger partial charge in [0.05, 0.1) is 23.7 Å². The van der Waals surface area contributed by atoms with Crippen LogP contribution >= 0.6 is 0 Å². The van der Waals surface area contributed by atoms with Gasteiger partial charge in [0, 0.05) is 6.07 Å². The van der Waals surface area contributed by atoms with E-state index in [0.717, 1.165) is 6.20 Å². The van der Waals surface area contributed by atoms with E-state index >= 15 is 0 Å². The minimum Gasteiger partial charge on any atom is -0.481 e. The second kappa shape index (κ2) is 5.58. The molecular formula is C12H11F3N2O4. The number of carboxylic acid groups (broad SMARTS) is 1. The Morgan fingerprint density at radius 2 is 2.10 bits per heavy atom. The van der Waals surface area contributed by atoms with Crippen LogP contribution in [0.2, 0.25) is 0 Å². The number of aromatic nitrogens is 1. The number of rotatable bonds is 5. The van der Waals surface area contributed by atoms with Crippen molar-refractivity contribution in [2.24, 2.45) is 11.8 Å². The van der Waals surface area contributed by atoms with Crippen molar-refractivity contribution in [3.05, 3.63) is 18.3 Å². The fourth-order valence-corrected chi connectivity index (χ4v) is 1.69. The molecule has 1 aromatic heterocycles. The molecule has 2 atom stereocenters. The molecule has 1 fully saturated rings. The third kappa shape index (κ3) is 4.33. The van der Waals surface area contributed by atoms with Crippen LogP contribution in [0.1, 0.15) is 6.42 Å². The minimum atomic E-state index is -4.45. The normalized spacial score (nSPS) is 20.7. The molecule has 1 aliphatic carbocycles. The average Bonchev–Trinajstić information content (AvgIpc) is 3.17. The Morgan fingerprint density at radius 3 is 2.57 bits per heavy atom. The molecule has 1 aliphatic rings. The fourth-order valence-electron chi connectivity index (χ4n) is 1.69. The number of amides is 1. The Bertz CT molecular complexity index is 544. The topological polar surface area (TPSA) is 88.5 Å². The number of carbonyl (C=O) groups excluding carboxylic acids is 1. The molecule has 9 heteroatoms. The van der Waals surface area contributed by atoms with Gasteiger partial charge in [-0.3, -0.25) is 9.59 Å². The van der Waals surface area contributed by atoms with Gasteiger partial charge in [0.25, 0.3) is 0 Å². The smallest absolute Gasteiger partial charge is 0.422 e. The van der Waals surface area contributed by atoms with E-state index < -0.39 is 36.5 Å². The zero-order valence-corrected chi connectivity index (χ0v) is 10.6. The van der Waals surface area contributed by atoms with Crippen molar-refractivity contribution in [1.82, 2.24) is 4.98 Å². The van der Waals surface area contributed by atoms with Crippen LogP contribution in [0.4, 0.5) is 18.9 Å². The quantitative estimate of drug-likeness (QED) is 0.864. The Labute approximate surface area is 116 Å². The summed E-state index contributed by atoms with van der Waals surface area (Å²) in [6.07, 6.45) is -3.03. The van der Waals surface area contributed by atoms with E-state index in [1.807, 2.05) is 0 Å². The van der Waals surface area contributed by atoms with Crippen molar-refractivity contribution in [2.45, 2.75) is 12.6 Å². The molecule has 0 aromatic carbocycles. The van der Waals surface area contributed by atoms with Gasteiger partial charge in [0.1, 0.15) is 0 Å². The van der Waals surface area contributed by atoms with Crippen molar-refractivity contribution < 1.29 is 32.6 Å². The summed E-state index contributed by atoms with van der Waals surface area (Å²) in [7, 11) is 0. The van der Waals surface area contributed by atoms with Crippen LogP contribution in [0.3, 0.4) is 0 Å². The molecule has 1 heterocycles. The first-order chi connectivity index (χ1) is 9.76. The molecule has 1 aromatic rings. The highest BCUT2D eigenvalue weighted by Crippen LogP contribution is 2.39. The number of pyridine rings is 1. The zero-order chi connectivity index (χ0) is 15.6. The fraction of sp³-hybridized carbons (Fsp3) is 0.417. The van der Waals surface area contributed by atoms with Crippen LogP contribution < -0.4 is 10.1 Å². The van der Waals surface area contributed by atoms with Crippen LogP contribution in [0.25, 0.3) is 0 Å². The number of carbonyl (C=O) groups is 2. The highest BCUT2D eigenvalue weighted by molar-refractivity contribution is 5.98. The Balaban J connectivity index is 1.85. The number of alkyl halides is 3. The summed E-state index contributed by atoms with van der Waals surface area (Å²) in [6.45, 7) is -1.45. The molecule has 0 spiro atoms. The highest BCUT2D eigenvalue weighted by Gasteiger charge is 2.48. The van der Waals surface area contributed by atoms with Crippen LogP contribution in [-0.4, -0.2) is 34.8 Å².